The molecule has 4 heteroatoms. The Hall–Kier alpha value is -1.68. The summed E-state index contributed by atoms with van der Waals surface area (Å²) in [6.45, 7) is 7.60. The van der Waals surface area contributed by atoms with Gasteiger partial charge in [0.15, 0.2) is 5.78 Å². The lowest BCUT2D eigenvalue weighted by atomic mass is 9.48. The number of hydrogen-bond acceptors (Lipinski definition) is 3. The van der Waals surface area contributed by atoms with Gasteiger partial charge in [0, 0.05) is 18.2 Å². The Labute approximate surface area is 174 Å². The van der Waals surface area contributed by atoms with E-state index in [1.807, 2.05) is 16.9 Å². The molecule has 1 aromatic rings. The van der Waals surface area contributed by atoms with E-state index in [1.54, 1.807) is 0 Å². The van der Waals surface area contributed by atoms with Crippen molar-refractivity contribution in [2.45, 2.75) is 78.4 Å². The molecule has 0 radical (unpaired) electrons. The van der Waals surface area contributed by atoms with Gasteiger partial charge in [0.2, 0.25) is 0 Å². The number of aliphatic hydroxyl groups is 1. The van der Waals surface area contributed by atoms with Crippen LogP contribution in [0.5, 0.6) is 0 Å². The lowest BCUT2D eigenvalue weighted by Crippen LogP contribution is -2.50. The number of allylic oxidation sites excluding steroid dienone is 2. The predicted octanol–water partition coefficient (Wildman–Crippen LogP) is 4.79. The third-order valence-electron chi connectivity index (χ3n) is 9.03. The third kappa shape index (κ3) is 2.82. The van der Waals surface area contributed by atoms with Crippen molar-refractivity contribution in [3.05, 3.63) is 35.2 Å². The molecule has 0 unspecified atom stereocenters. The fraction of sp³-hybridized carbons (Fsp3) is 0.680. The molecule has 3 fully saturated rings. The van der Waals surface area contributed by atoms with Gasteiger partial charge in [-0.25, -0.2) is 0 Å². The molecule has 1 aromatic heterocycles. The first-order valence-electron chi connectivity index (χ1n) is 11.5. The minimum absolute atomic E-state index is 0.162. The first-order chi connectivity index (χ1) is 13.8. The largest absolute Gasteiger partial charge is 0.393 e. The Bertz CT molecular complexity index is 896. The van der Waals surface area contributed by atoms with E-state index in [0.717, 1.165) is 62.8 Å². The van der Waals surface area contributed by atoms with Crippen LogP contribution in [-0.2, 0) is 11.3 Å². The summed E-state index contributed by atoms with van der Waals surface area (Å²) in [7, 11) is 0. The maximum Gasteiger partial charge on any atom is 0.165 e. The zero-order valence-electron chi connectivity index (χ0n) is 18.0. The van der Waals surface area contributed by atoms with Crippen LogP contribution in [0.25, 0.3) is 6.08 Å². The Morgan fingerprint density at radius 2 is 2.00 bits per heavy atom. The Balaban J connectivity index is 1.46. The number of Topliss-reactive ketones (excluding diaryl/α,β-unsaturated/α-hetero) is 1. The molecular weight excluding hydrogens is 360 g/mol. The molecule has 0 bridgehead atoms. The maximum atomic E-state index is 13.5. The molecule has 156 valence electrons. The van der Waals surface area contributed by atoms with Crippen molar-refractivity contribution in [2.75, 3.05) is 0 Å². The highest BCUT2D eigenvalue weighted by Crippen LogP contribution is 2.64. The number of aromatic nitrogens is 2. The molecular formula is C25H34N2O2. The van der Waals surface area contributed by atoms with Crippen LogP contribution in [-0.4, -0.2) is 26.8 Å². The average molecular weight is 395 g/mol. The number of carbonyl (C=O) groups excluding carboxylic acids is 1. The second-order valence-electron chi connectivity index (χ2n) is 10.4. The van der Waals surface area contributed by atoms with E-state index in [1.165, 1.54) is 5.57 Å². The number of hydrogen-bond donors (Lipinski definition) is 1. The van der Waals surface area contributed by atoms with Crippen LogP contribution in [0.15, 0.2) is 29.5 Å². The number of rotatable bonds is 2. The highest BCUT2D eigenvalue weighted by molar-refractivity contribution is 6.05. The molecule has 1 heterocycles. The summed E-state index contributed by atoms with van der Waals surface area (Å²) in [6.07, 6.45) is 13.3. The van der Waals surface area contributed by atoms with Gasteiger partial charge in [0.1, 0.15) is 0 Å². The second kappa shape index (κ2) is 6.66. The van der Waals surface area contributed by atoms with Crippen LogP contribution in [0.1, 0.15) is 71.4 Å². The SMILES string of the molecule is CCn1ccc(/C=C2\C[C@@H]3[C@H]4CC=C5C[C@H](O)CC[C@]5(C)[C@@H]4CC[C@@]3(C)C2=O)n1. The quantitative estimate of drug-likeness (QED) is 0.580. The molecule has 0 amide bonds. The van der Waals surface area contributed by atoms with Gasteiger partial charge in [-0.2, -0.15) is 5.10 Å². The van der Waals surface area contributed by atoms with Crippen LogP contribution in [0.2, 0.25) is 0 Å². The third-order valence-corrected chi connectivity index (χ3v) is 9.03. The summed E-state index contributed by atoms with van der Waals surface area (Å²) in [5, 5.41) is 14.8. The van der Waals surface area contributed by atoms with E-state index in [2.05, 4.69) is 38.0 Å². The molecule has 0 aliphatic heterocycles. The van der Waals surface area contributed by atoms with E-state index in [0.29, 0.717) is 23.5 Å². The van der Waals surface area contributed by atoms with Gasteiger partial charge in [-0.05, 0) is 92.8 Å². The van der Waals surface area contributed by atoms with Crippen LogP contribution in [0.3, 0.4) is 0 Å². The normalized spacial score (nSPS) is 43.0. The fourth-order valence-corrected chi connectivity index (χ4v) is 7.25. The number of fused-ring (bicyclic) bond motifs is 5. The molecule has 4 nitrogen and oxygen atoms in total. The number of ketones is 1. The first kappa shape index (κ1) is 19.3. The van der Waals surface area contributed by atoms with E-state index < -0.39 is 0 Å². The topological polar surface area (TPSA) is 55.1 Å². The number of aliphatic hydroxyl groups excluding tert-OH is 1. The van der Waals surface area contributed by atoms with Crippen molar-refractivity contribution < 1.29 is 9.90 Å². The lowest BCUT2D eigenvalue weighted by Gasteiger charge is -2.56. The van der Waals surface area contributed by atoms with E-state index in [4.69, 9.17) is 0 Å². The molecule has 0 saturated heterocycles. The minimum atomic E-state index is -0.212. The molecule has 1 N–H and O–H groups in total. The van der Waals surface area contributed by atoms with Crippen molar-refractivity contribution in [2.24, 2.45) is 28.6 Å². The Kier molecular flexibility index (Phi) is 4.43. The van der Waals surface area contributed by atoms with Gasteiger partial charge in [-0.3, -0.25) is 9.48 Å². The molecule has 4 aliphatic carbocycles. The van der Waals surface area contributed by atoms with Crippen LogP contribution >= 0.6 is 0 Å². The Morgan fingerprint density at radius 3 is 2.76 bits per heavy atom. The molecule has 29 heavy (non-hydrogen) atoms. The Morgan fingerprint density at radius 1 is 1.21 bits per heavy atom. The monoisotopic (exact) mass is 394 g/mol. The number of nitrogens with zero attached hydrogens (tertiary/aromatic N) is 2. The van der Waals surface area contributed by atoms with Gasteiger partial charge in [-0.15, -0.1) is 0 Å². The lowest BCUT2D eigenvalue weighted by molar-refractivity contribution is -0.130. The van der Waals surface area contributed by atoms with E-state index in [-0.39, 0.29) is 16.9 Å². The fourth-order valence-electron chi connectivity index (χ4n) is 7.25. The van der Waals surface area contributed by atoms with Crippen molar-refractivity contribution in [3.63, 3.8) is 0 Å². The first-order valence-corrected chi connectivity index (χ1v) is 11.5. The van der Waals surface area contributed by atoms with Crippen molar-refractivity contribution >= 4 is 11.9 Å². The summed E-state index contributed by atoms with van der Waals surface area (Å²) < 4.78 is 1.92. The van der Waals surface area contributed by atoms with Crippen molar-refractivity contribution in [1.29, 1.82) is 0 Å². The molecule has 5 rings (SSSR count). The summed E-state index contributed by atoms with van der Waals surface area (Å²) >= 11 is 0. The summed E-state index contributed by atoms with van der Waals surface area (Å²) in [5.74, 6) is 2.04. The molecule has 3 saturated carbocycles. The highest BCUT2D eigenvalue weighted by atomic mass is 16.3. The van der Waals surface area contributed by atoms with Gasteiger partial charge in [-0.1, -0.05) is 25.5 Å². The molecule has 0 spiro atoms. The second-order valence-corrected chi connectivity index (χ2v) is 10.4. The van der Waals surface area contributed by atoms with Gasteiger partial charge in [0.25, 0.3) is 0 Å². The van der Waals surface area contributed by atoms with Gasteiger partial charge in [0.05, 0.1) is 11.8 Å². The molecule has 6 atom stereocenters. The number of aryl methyl sites for hydroxylation is 1. The zero-order valence-corrected chi connectivity index (χ0v) is 18.0. The predicted molar refractivity (Wildman–Crippen MR) is 114 cm³/mol. The van der Waals surface area contributed by atoms with Gasteiger partial charge >= 0.3 is 0 Å². The highest BCUT2D eigenvalue weighted by Gasteiger charge is 2.59. The molecule has 0 aromatic carbocycles. The van der Waals surface area contributed by atoms with Gasteiger partial charge < -0.3 is 5.11 Å². The maximum absolute atomic E-state index is 13.5. The zero-order chi connectivity index (χ0) is 20.4. The summed E-state index contributed by atoms with van der Waals surface area (Å²) in [4.78, 5) is 13.5. The molecule has 4 aliphatic rings. The average Bonchev–Trinajstić information content (AvgIpc) is 3.26. The van der Waals surface area contributed by atoms with Crippen molar-refractivity contribution in [1.82, 2.24) is 9.78 Å². The van der Waals surface area contributed by atoms with Crippen molar-refractivity contribution in [3.8, 4) is 0 Å². The number of carbonyl (C=O) groups is 1. The van der Waals surface area contributed by atoms with Crippen LogP contribution in [0, 0.1) is 28.6 Å². The smallest absolute Gasteiger partial charge is 0.165 e. The summed E-state index contributed by atoms with van der Waals surface area (Å²) in [5.41, 5.74) is 3.40. The minimum Gasteiger partial charge on any atom is -0.393 e. The standard InChI is InChI=1S/C25H34N2O2/c1-4-27-12-9-18(26-27)13-16-14-22-20-6-5-17-15-19(28)7-10-24(17,2)21(20)8-11-25(22,3)23(16)29/h5,9,12-13,19-22,28H,4,6-8,10-11,14-15H2,1-3H3/b16-13+/t19-,20+,21-,22-,24+,25-/m1/s1. The summed E-state index contributed by atoms with van der Waals surface area (Å²) in [6, 6.07) is 2.01. The van der Waals surface area contributed by atoms with E-state index in [9.17, 15) is 9.90 Å². The van der Waals surface area contributed by atoms with Crippen LogP contribution in [0.4, 0.5) is 0 Å². The van der Waals surface area contributed by atoms with E-state index >= 15 is 0 Å². The van der Waals surface area contributed by atoms with Crippen LogP contribution < -0.4 is 0 Å².